The van der Waals surface area contributed by atoms with Crippen molar-refractivity contribution in [2.75, 3.05) is 5.32 Å². The predicted molar refractivity (Wildman–Crippen MR) is 102 cm³/mol. The van der Waals surface area contributed by atoms with E-state index in [9.17, 15) is 4.79 Å². The summed E-state index contributed by atoms with van der Waals surface area (Å²) in [6.07, 6.45) is 0. The molecule has 4 aromatic rings. The molecule has 118 valence electrons. The molecule has 0 fully saturated rings. The predicted octanol–water partition coefficient (Wildman–Crippen LogP) is 5.45. The third-order valence-corrected chi connectivity index (χ3v) is 5.07. The molecule has 0 spiro atoms. The van der Waals surface area contributed by atoms with Crippen LogP contribution in [0.15, 0.2) is 76.9 Å². The van der Waals surface area contributed by atoms with E-state index in [0.717, 1.165) is 21.6 Å². The maximum Gasteiger partial charge on any atom is 0.256 e. The summed E-state index contributed by atoms with van der Waals surface area (Å²) >= 11 is 7.82. The fraction of sp³-hybridized carbons (Fsp3) is 0. The van der Waals surface area contributed by atoms with Gasteiger partial charge in [-0.15, -0.1) is 11.3 Å². The number of anilines is 2. The maximum atomic E-state index is 12.4. The largest absolute Gasteiger partial charge is 0.354 e. The van der Waals surface area contributed by atoms with Gasteiger partial charge in [0.05, 0.1) is 16.4 Å². The van der Waals surface area contributed by atoms with Crippen molar-refractivity contribution < 1.29 is 0 Å². The van der Waals surface area contributed by atoms with Crippen molar-refractivity contribution in [1.29, 1.82) is 0 Å². The van der Waals surface area contributed by atoms with Crippen LogP contribution in [0.25, 0.3) is 15.9 Å². The molecule has 24 heavy (non-hydrogen) atoms. The Bertz CT molecular complexity index is 1070. The normalized spacial score (nSPS) is 10.9. The van der Waals surface area contributed by atoms with Crippen LogP contribution in [-0.4, -0.2) is 4.57 Å². The number of nitrogens with one attached hydrogen (secondary N) is 1. The minimum Gasteiger partial charge on any atom is -0.354 e. The molecular weight excluding hydrogens is 340 g/mol. The Kier molecular flexibility index (Phi) is 3.84. The average molecular weight is 353 g/mol. The Balaban J connectivity index is 1.89. The highest BCUT2D eigenvalue weighted by Gasteiger charge is 2.13. The van der Waals surface area contributed by atoms with Crippen LogP contribution in [0.1, 0.15) is 0 Å². The topological polar surface area (TPSA) is 34.0 Å². The third-order valence-electron chi connectivity index (χ3n) is 3.77. The molecule has 0 aliphatic heterocycles. The standard InChI is InChI=1S/C19H13ClN2OS/c20-15-8-4-5-9-17(15)22-18(23)11-10-14-16(12-24-19(14)22)21-13-6-2-1-3-7-13/h1-12,21H. The van der Waals surface area contributed by atoms with Gasteiger partial charge >= 0.3 is 0 Å². The second kappa shape index (κ2) is 6.15. The van der Waals surface area contributed by atoms with Gasteiger partial charge in [0.2, 0.25) is 0 Å². The van der Waals surface area contributed by atoms with E-state index in [0.29, 0.717) is 10.7 Å². The number of thiophene rings is 1. The highest BCUT2D eigenvalue weighted by molar-refractivity contribution is 7.17. The Hall–Kier alpha value is -2.56. The molecule has 0 unspecified atom stereocenters. The third kappa shape index (κ3) is 2.60. The van der Waals surface area contributed by atoms with E-state index in [4.69, 9.17) is 11.6 Å². The molecule has 2 heterocycles. The Morgan fingerprint density at radius 2 is 1.67 bits per heavy atom. The smallest absolute Gasteiger partial charge is 0.256 e. The fourth-order valence-electron chi connectivity index (χ4n) is 2.66. The lowest BCUT2D eigenvalue weighted by molar-refractivity contribution is 1.06. The minimum atomic E-state index is -0.0938. The molecule has 0 saturated carbocycles. The van der Waals surface area contributed by atoms with Gasteiger partial charge in [-0.2, -0.15) is 0 Å². The van der Waals surface area contributed by atoms with Crippen molar-refractivity contribution in [3.8, 4) is 5.69 Å². The molecule has 0 radical (unpaired) electrons. The first kappa shape index (κ1) is 15.0. The van der Waals surface area contributed by atoms with Gasteiger partial charge in [-0.05, 0) is 30.3 Å². The van der Waals surface area contributed by atoms with E-state index in [1.165, 1.54) is 11.3 Å². The SMILES string of the molecule is O=c1ccc2c(Nc3ccccc3)csc2n1-c1ccccc1Cl. The van der Waals surface area contributed by atoms with Gasteiger partial charge in [-0.25, -0.2) is 0 Å². The van der Waals surface area contributed by atoms with E-state index in [1.54, 1.807) is 16.7 Å². The van der Waals surface area contributed by atoms with Crippen LogP contribution in [0.5, 0.6) is 0 Å². The highest BCUT2D eigenvalue weighted by atomic mass is 35.5. The van der Waals surface area contributed by atoms with E-state index >= 15 is 0 Å². The average Bonchev–Trinajstić information content (AvgIpc) is 3.00. The number of hydrogen-bond donors (Lipinski definition) is 1. The van der Waals surface area contributed by atoms with E-state index < -0.39 is 0 Å². The Morgan fingerprint density at radius 3 is 2.46 bits per heavy atom. The van der Waals surface area contributed by atoms with Crippen molar-refractivity contribution in [3.05, 3.63) is 87.5 Å². The molecular formula is C19H13ClN2OS. The summed E-state index contributed by atoms with van der Waals surface area (Å²) in [5.41, 5.74) is 2.58. The van der Waals surface area contributed by atoms with Crippen LogP contribution in [0.3, 0.4) is 0 Å². The number of rotatable bonds is 3. The van der Waals surface area contributed by atoms with E-state index in [-0.39, 0.29) is 5.56 Å². The summed E-state index contributed by atoms with van der Waals surface area (Å²) in [6.45, 7) is 0. The minimum absolute atomic E-state index is 0.0938. The molecule has 0 atom stereocenters. The number of para-hydroxylation sites is 2. The lowest BCUT2D eigenvalue weighted by Crippen LogP contribution is -2.16. The molecule has 4 rings (SSSR count). The maximum absolute atomic E-state index is 12.4. The summed E-state index contributed by atoms with van der Waals surface area (Å²) in [5, 5.41) is 6.96. The summed E-state index contributed by atoms with van der Waals surface area (Å²) in [5.74, 6) is 0. The van der Waals surface area contributed by atoms with Crippen molar-refractivity contribution in [1.82, 2.24) is 4.57 Å². The van der Waals surface area contributed by atoms with Gasteiger partial charge in [0.15, 0.2) is 0 Å². The molecule has 0 amide bonds. The number of aromatic nitrogens is 1. The lowest BCUT2D eigenvalue weighted by Gasteiger charge is -2.10. The first-order valence-electron chi connectivity index (χ1n) is 7.44. The molecule has 0 aliphatic carbocycles. The zero-order valence-corrected chi connectivity index (χ0v) is 14.1. The summed E-state index contributed by atoms with van der Waals surface area (Å²) in [6, 6.07) is 20.8. The van der Waals surface area contributed by atoms with Crippen LogP contribution in [0.2, 0.25) is 5.02 Å². The summed E-state index contributed by atoms with van der Waals surface area (Å²) < 4.78 is 1.67. The first-order valence-corrected chi connectivity index (χ1v) is 8.70. The molecule has 5 heteroatoms. The molecule has 0 bridgehead atoms. The zero-order chi connectivity index (χ0) is 16.5. The quantitative estimate of drug-likeness (QED) is 0.532. The molecule has 0 saturated heterocycles. The van der Waals surface area contributed by atoms with Crippen LogP contribution in [0.4, 0.5) is 11.4 Å². The lowest BCUT2D eigenvalue weighted by atomic mass is 10.2. The van der Waals surface area contributed by atoms with Gasteiger partial charge in [0.1, 0.15) is 4.83 Å². The Labute approximate surface area is 147 Å². The van der Waals surface area contributed by atoms with Crippen molar-refractivity contribution in [2.24, 2.45) is 0 Å². The molecule has 0 aliphatic rings. The van der Waals surface area contributed by atoms with Gasteiger partial charge < -0.3 is 5.32 Å². The number of pyridine rings is 1. The number of hydrogen-bond acceptors (Lipinski definition) is 3. The second-order valence-corrected chi connectivity index (χ2v) is 6.58. The Morgan fingerprint density at radius 1 is 0.917 bits per heavy atom. The number of fused-ring (bicyclic) bond motifs is 1. The van der Waals surface area contributed by atoms with Crippen molar-refractivity contribution >= 4 is 44.5 Å². The van der Waals surface area contributed by atoms with Gasteiger partial charge in [-0.3, -0.25) is 9.36 Å². The molecule has 2 aromatic heterocycles. The summed E-state index contributed by atoms with van der Waals surface area (Å²) in [4.78, 5) is 13.3. The molecule has 3 nitrogen and oxygen atoms in total. The fourth-order valence-corrected chi connectivity index (χ4v) is 3.89. The van der Waals surface area contributed by atoms with E-state index in [2.05, 4.69) is 5.32 Å². The number of halogens is 1. The molecule has 2 aromatic carbocycles. The zero-order valence-electron chi connectivity index (χ0n) is 12.6. The summed E-state index contributed by atoms with van der Waals surface area (Å²) in [7, 11) is 0. The first-order chi connectivity index (χ1) is 11.7. The van der Waals surface area contributed by atoms with Crippen LogP contribution in [-0.2, 0) is 0 Å². The number of benzene rings is 2. The second-order valence-electron chi connectivity index (χ2n) is 5.32. The van der Waals surface area contributed by atoms with Crippen molar-refractivity contribution in [2.45, 2.75) is 0 Å². The highest BCUT2D eigenvalue weighted by Crippen LogP contribution is 2.33. The van der Waals surface area contributed by atoms with Gasteiger partial charge in [-0.1, -0.05) is 41.9 Å². The number of nitrogens with zero attached hydrogens (tertiary/aromatic N) is 1. The van der Waals surface area contributed by atoms with E-state index in [1.807, 2.05) is 60.0 Å². The van der Waals surface area contributed by atoms with Crippen LogP contribution in [0, 0.1) is 0 Å². The van der Waals surface area contributed by atoms with Crippen LogP contribution >= 0.6 is 22.9 Å². The molecule has 1 N–H and O–H groups in total. The monoisotopic (exact) mass is 352 g/mol. The van der Waals surface area contributed by atoms with Gasteiger partial charge in [0.25, 0.3) is 5.56 Å². The van der Waals surface area contributed by atoms with Crippen molar-refractivity contribution in [3.63, 3.8) is 0 Å². The van der Waals surface area contributed by atoms with Crippen LogP contribution < -0.4 is 10.9 Å². The van der Waals surface area contributed by atoms with Gasteiger partial charge in [0, 0.05) is 22.5 Å².